The Kier molecular flexibility index (Phi) is 11.6. The normalized spacial score (nSPS) is 15.9. The number of likely N-dealkylation sites (N-methyl/N-ethyl adjacent to an activating group) is 1. The van der Waals surface area contributed by atoms with Crippen LogP contribution in [0.25, 0.3) is 16.3 Å². The Morgan fingerprint density at radius 1 is 0.708 bits per heavy atom. The highest BCUT2D eigenvalue weighted by Gasteiger charge is 2.37. The standard InChI is InChI=1S/C36H40N4O4.C4H10/c1-4-24(2)38(21-23-40-35(43)29-16-7-12-26-13-8-17-30(32(26)29)36(40)44)19-9-18-37(3)20-22-39-33(41)27-14-5-10-25-11-6-15-28(31(25)27)34(39)42;1-3-4-2/h5-7,10-12,14-17,24H,4,8-9,13,18-23H2,1-3H3;3-4H2,1-2H3. The third-order valence-electron chi connectivity index (χ3n) is 10.0. The molecule has 1 aliphatic carbocycles. The molecule has 0 saturated carbocycles. The lowest BCUT2D eigenvalue weighted by Crippen LogP contribution is -2.48. The van der Waals surface area contributed by atoms with Gasteiger partial charge >= 0.3 is 0 Å². The van der Waals surface area contributed by atoms with Gasteiger partial charge in [0, 0.05) is 65.4 Å². The second-order valence-corrected chi connectivity index (χ2v) is 13.2. The molecule has 3 aliphatic rings. The average Bonchev–Trinajstić information content (AvgIpc) is 3.11. The highest BCUT2D eigenvalue weighted by atomic mass is 16.2. The second kappa shape index (κ2) is 15.8. The number of imide groups is 2. The summed E-state index contributed by atoms with van der Waals surface area (Å²) in [5.74, 6) is -0.852. The predicted octanol–water partition coefficient (Wildman–Crippen LogP) is 6.68. The summed E-state index contributed by atoms with van der Waals surface area (Å²) in [6, 6.07) is 17.3. The van der Waals surface area contributed by atoms with Crippen molar-refractivity contribution in [3.8, 4) is 0 Å². The van der Waals surface area contributed by atoms with Crippen molar-refractivity contribution < 1.29 is 19.2 Å². The van der Waals surface area contributed by atoms with Crippen LogP contribution in [-0.2, 0) is 11.2 Å². The van der Waals surface area contributed by atoms with Gasteiger partial charge in [-0.2, -0.15) is 0 Å². The number of allylic oxidation sites excluding steroid dienone is 1. The minimum atomic E-state index is -0.236. The van der Waals surface area contributed by atoms with Crippen molar-refractivity contribution in [3.63, 3.8) is 0 Å². The summed E-state index contributed by atoms with van der Waals surface area (Å²) in [5, 5.41) is 1.65. The van der Waals surface area contributed by atoms with E-state index in [0.29, 0.717) is 54.5 Å². The molecule has 6 rings (SSSR count). The van der Waals surface area contributed by atoms with Gasteiger partial charge in [0.25, 0.3) is 23.6 Å². The van der Waals surface area contributed by atoms with Gasteiger partial charge in [-0.05, 0) is 81.9 Å². The van der Waals surface area contributed by atoms with Crippen LogP contribution in [0.5, 0.6) is 0 Å². The number of amides is 4. The number of nitrogens with zero attached hydrogens (tertiary/aromatic N) is 4. The van der Waals surface area contributed by atoms with E-state index < -0.39 is 0 Å². The largest absolute Gasteiger partial charge is 0.305 e. The van der Waals surface area contributed by atoms with Gasteiger partial charge in [-0.1, -0.05) is 76.1 Å². The molecule has 0 fully saturated rings. The number of hydrogen-bond donors (Lipinski definition) is 0. The Bertz CT molecular complexity index is 1660. The summed E-state index contributed by atoms with van der Waals surface area (Å²) < 4.78 is 0. The zero-order valence-electron chi connectivity index (χ0n) is 29.3. The van der Waals surface area contributed by atoms with E-state index in [1.807, 2.05) is 55.6 Å². The van der Waals surface area contributed by atoms with Crippen molar-refractivity contribution >= 4 is 40.0 Å². The van der Waals surface area contributed by atoms with Crippen molar-refractivity contribution in [2.75, 3.05) is 46.3 Å². The molecule has 0 N–H and O–H groups in total. The highest BCUT2D eigenvalue weighted by Crippen LogP contribution is 2.35. The molecule has 0 bridgehead atoms. The number of aryl methyl sites for hydroxylation is 1. The maximum atomic E-state index is 13.4. The SMILES string of the molecule is CCC(C)N(CCCN(C)CCN1C(=O)c2cccc3cccc(c23)C1=O)CCN1C(=O)C2=CCCc3cccc(c32)C1=O.CCCC. The Morgan fingerprint density at radius 2 is 1.29 bits per heavy atom. The molecule has 1 atom stereocenters. The molecule has 0 radical (unpaired) electrons. The first kappa shape index (κ1) is 35.2. The minimum Gasteiger partial charge on any atom is -0.305 e. The van der Waals surface area contributed by atoms with Gasteiger partial charge < -0.3 is 4.90 Å². The van der Waals surface area contributed by atoms with Crippen LogP contribution in [0, 0.1) is 0 Å². The third kappa shape index (κ3) is 7.15. The quantitative estimate of drug-likeness (QED) is 0.192. The lowest BCUT2D eigenvalue weighted by Gasteiger charge is -2.35. The number of carbonyl (C=O) groups excluding carboxylic acids is 4. The van der Waals surface area contributed by atoms with Crippen LogP contribution in [-0.4, -0.2) is 95.6 Å². The summed E-state index contributed by atoms with van der Waals surface area (Å²) in [6.45, 7) is 12.2. The fourth-order valence-corrected chi connectivity index (χ4v) is 6.81. The van der Waals surface area contributed by atoms with E-state index in [1.165, 1.54) is 22.6 Å². The van der Waals surface area contributed by atoms with Crippen molar-refractivity contribution in [1.29, 1.82) is 0 Å². The molecule has 48 heavy (non-hydrogen) atoms. The molecule has 0 spiro atoms. The van der Waals surface area contributed by atoms with Gasteiger partial charge in [0.1, 0.15) is 0 Å². The smallest absolute Gasteiger partial charge is 0.261 e. The predicted molar refractivity (Wildman–Crippen MR) is 192 cm³/mol. The number of carbonyl (C=O) groups is 4. The summed E-state index contributed by atoms with van der Waals surface area (Å²) >= 11 is 0. The molecule has 8 nitrogen and oxygen atoms in total. The summed E-state index contributed by atoms with van der Waals surface area (Å²) in [5.41, 5.74) is 4.39. The lowest BCUT2D eigenvalue weighted by molar-refractivity contribution is -0.123. The fraction of sp³-hybridized carbons (Fsp3) is 0.450. The molecule has 3 aromatic carbocycles. The van der Waals surface area contributed by atoms with Crippen molar-refractivity contribution in [2.24, 2.45) is 0 Å². The Morgan fingerprint density at radius 3 is 1.94 bits per heavy atom. The summed E-state index contributed by atoms with van der Waals surface area (Å²) in [6.07, 6.45) is 8.14. The van der Waals surface area contributed by atoms with E-state index in [0.717, 1.165) is 60.7 Å². The van der Waals surface area contributed by atoms with Crippen LogP contribution in [0.3, 0.4) is 0 Å². The second-order valence-electron chi connectivity index (χ2n) is 13.2. The van der Waals surface area contributed by atoms with Crippen LogP contribution in [0.15, 0.2) is 60.7 Å². The third-order valence-corrected chi connectivity index (χ3v) is 10.0. The molecule has 254 valence electrons. The summed E-state index contributed by atoms with van der Waals surface area (Å²) in [7, 11) is 2.01. The molecule has 1 unspecified atom stereocenters. The van der Waals surface area contributed by atoms with Crippen LogP contribution in [0.4, 0.5) is 0 Å². The molecule has 0 aromatic heterocycles. The van der Waals surface area contributed by atoms with Crippen molar-refractivity contribution in [1.82, 2.24) is 19.6 Å². The number of hydrogen-bond acceptors (Lipinski definition) is 6. The van der Waals surface area contributed by atoms with Gasteiger partial charge in [0.2, 0.25) is 0 Å². The fourth-order valence-electron chi connectivity index (χ4n) is 6.81. The minimum absolute atomic E-state index is 0.181. The molecule has 2 aliphatic heterocycles. The zero-order chi connectivity index (χ0) is 34.4. The van der Waals surface area contributed by atoms with Crippen LogP contribution in [0.2, 0.25) is 0 Å². The first-order valence-corrected chi connectivity index (χ1v) is 17.7. The van der Waals surface area contributed by atoms with E-state index in [4.69, 9.17) is 0 Å². The van der Waals surface area contributed by atoms with E-state index in [1.54, 1.807) is 12.1 Å². The van der Waals surface area contributed by atoms with Gasteiger partial charge in [0.05, 0.1) is 0 Å². The topological polar surface area (TPSA) is 81.2 Å². The van der Waals surface area contributed by atoms with Crippen LogP contribution >= 0.6 is 0 Å². The first-order valence-electron chi connectivity index (χ1n) is 17.7. The van der Waals surface area contributed by atoms with E-state index >= 15 is 0 Å². The molecule has 0 saturated heterocycles. The Labute approximate surface area is 285 Å². The molecular weight excluding hydrogens is 600 g/mol. The number of unbranched alkanes of at least 4 members (excludes halogenated alkanes) is 1. The number of rotatable bonds is 13. The van der Waals surface area contributed by atoms with E-state index in [-0.39, 0.29) is 23.6 Å². The molecule has 3 aromatic rings. The maximum Gasteiger partial charge on any atom is 0.261 e. The average molecular weight is 651 g/mol. The highest BCUT2D eigenvalue weighted by molar-refractivity contribution is 6.31. The van der Waals surface area contributed by atoms with Crippen molar-refractivity contribution in [2.45, 2.75) is 72.3 Å². The Balaban J connectivity index is 0.00000107. The van der Waals surface area contributed by atoms with Crippen LogP contribution < -0.4 is 0 Å². The molecule has 8 heteroatoms. The van der Waals surface area contributed by atoms with Crippen molar-refractivity contribution in [3.05, 3.63) is 88.5 Å². The van der Waals surface area contributed by atoms with Gasteiger partial charge in [-0.15, -0.1) is 0 Å². The monoisotopic (exact) mass is 650 g/mol. The van der Waals surface area contributed by atoms with E-state index in [2.05, 4.69) is 37.5 Å². The van der Waals surface area contributed by atoms with E-state index in [9.17, 15) is 19.2 Å². The van der Waals surface area contributed by atoms with Gasteiger partial charge in [-0.3, -0.25) is 33.9 Å². The molecular formula is C40H50N4O4. The maximum absolute atomic E-state index is 13.4. The first-order chi connectivity index (χ1) is 23.2. The Hall–Kier alpha value is -4.14. The van der Waals surface area contributed by atoms with Gasteiger partial charge in [0.15, 0.2) is 0 Å². The summed E-state index contributed by atoms with van der Waals surface area (Å²) in [4.78, 5) is 60.6. The van der Waals surface area contributed by atoms with Gasteiger partial charge in [-0.25, -0.2) is 0 Å². The number of benzene rings is 3. The lowest BCUT2D eigenvalue weighted by atomic mass is 9.83. The van der Waals surface area contributed by atoms with Crippen LogP contribution in [0.1, 0.15) is 102 Å². The molecule has 4 amide bonds. The zero-order valence-corrected chi connectivity index (χ0v) is 29.3. The molecule has 2 heterocycles.